The minimum Gasteiger partial charge on any atom is -0.338 e. The molecule has 0 radical (unpaired) electrons. The Bertz CT molecular complexity index is 608. The average molecular weight is 326 g/mol. The summed E-state index contributed by atoms with van der Waals surface area (Å²) in [6.45, 7) is 7.48. The number of benzene rings is 1. The van der Waals surface area contributed by atoms with Crippen LogP contribution in [0.1, 0.15) is 50.2 Å². The van der Waals surface area contributed by atoms with E-state index in [0.29, 0.717) is 5.91 Å². The van der Waals surface area contributed by atoms with Crippen molar-refractivity contribution in [3.8, 4) is 0 Å². The van der Waals surface area contributed by atoms with Crippen LogP contribution >= 0.6 is 0 Å². The second kappa shape index (κ2) is 6.51. The number of amides is 1. The van der Waals surface area contributed by atoms with Gasteiger partial charge in [-0.2, -0.15) is 0 Å². The highest BCUT2D eigenvalue weighted by atomic mass is 16.2. The van der Waals surface area contributed by atoms with Crippen LogP contribution in [0.5, 0.6) is 0 Å². The summed E-state index contributed by atoms with van der Waals surface area (Å²) in [4.78, 5) is 18.0. The van der Waals surface area contributed by atoms with E-state index in [9.17, 15) is 4.79 Å². The van der Waals surface area contributed by atoms with Gasteiger partial charge in [0.1, 0.15) is 0 Å². The third-order valence-corrected chi connectivity index (χ3v) is 6.55. The topological polar surface area (TPSA) is 23.6 Å². The number of hydrogen-bond donors (Lipinski definition) is 0. The standard InChI is InChI=1S/C21H30N2O/c1-2-22-12-11-21(15-22)13-18-9-5-6-10-19(18)14-23(16-21)20(24)17-7-3-4-8-17/h5-6,9-10,17H,2-4,7-8,11-16H2,1H3. The Morgan fingerprint density at radius 2 is 1.92 bits per heavy atom. The van der Waals surface area contributed by atoms with Gasteiger partial charge in [0.2, 0.25) is 5.91 Å². The van der Waals surface area contributed by atoms with Gasteiger partial charge in [0.15, 0.2) is 0 Å². The number of rotatable bonds is 2. The third kappa shape index (κ3) is 2.99. The summed E-state index contributed by atoms with van der Waals surface area (Å²) < 4.78 is 0. The highest BCUT2D eigenvalue weighted by Crippen LogP contribution is 2.39. The van der Waals surface area contributed by atoms with Crippen molar-refractivity contribution in [2.24, 2.45) is 11.3 Å². The number of fused-ring (bicyclic) bond motifs is 1. The van der Waals surface area contributed by atoms with Crippen molar-refractivity contribution in [2.45, 2.75) is 52.0 Å². The molecular weight excluding hydrogens is 296 g/mol. The lowest BCUT2D eigenvalue weighted by atomic mass is 9.80. The van der Waals surface area contributed by atoms with Crippen molar-refractivity contribution in [1.29, 1.82) is 0 Å². The van der Waals surface area contributed by atoms with Crippen molar-refractivity contribution in [2.75, 3.05) is 26.2 Å². The Balaban J connectivity index is 1.64. The molecule has 2 fully saturated rings. The van der Waals surface area contributed by atoms with Crippen LogP contribution in [0.15, 0.2) is 24.3 Å². The van der Waals surface area contributed by atoms with Crippen LogP contribution < -0.4 is 0 Å². The van der Waals surface area contributed by atoms with E-state index in [2.05, 4.69) is 41.0 Å². The van der Waals surface area contributed by atoms with Crippen LogP contribution in [-0.4, -0.2) is 41.9 Å². The van der Waals surface area contributed by atoms with Gasteiger partial charge < -0.3 is 9.80 Å². The quantitative estimate of drug-likeness (QED) is 0.831. The number of carbonyl (C=O) groups is 1. The van der Waals surface area contributed by atoms with E-state index in [1.807, 2.05) is 0 Å². The predicted octanol–water partition coefficient (Wildman–Crippen LogP) is 3.47. The van der Waals surface area contributed by atoms with E-state index in [-0.39, 0.29) is 11.3 Å². The highest BCUT2D eigenvalue weighted by molar-refractivity contribution is 5.79. The first kappa shape index (κ1) is 16.1. The molecule has 3 heteroatoms. The normalized spacial score (nSPS) is 28.3. The Hall–Kier alpha value is -1.35. The Morgan fingerprint density at radius 3 is 2.62 bits per heavy atom. The fourth-order valence-corrected chi connectivity index (χ4v) is 5.17. The number of likely N-dealkylation sites (tertiary alicyclic amines) is 1. The van der Waals surface area contributed by atoms with Crippen LogP contribution in [0.25, 0.3) is 0 Å². The van der Waals surface area contributed by atoms with Crippen molar-refractivity contribution in [3.63, 3.8) is 0 Å². The Labute approximate surface area is 146 Å². The molecule has 1 aromatic carbocycles. The largest absolute Gasteiger partial charge is 0.338 e. The summed E-state index contributed by atoms with van der Waals surface area (Å²) in [6.07, 6.45) is 7.03. The van der Waals surface area contributed by atoms with E-state index in [4.69, 9.17) is 0 Å². The predicted molar refractivity (Wildman–Crippen MR) is 96.7 cm³/mol. The first-order valence-corrected chi connectivity index (χ1v) is 9.77. The maximum Gasteiger partial charge on any atom is 0.225 e. The van der Waals surface area contributed by atoms with E-state index in [1.165, 1.54) is 36.9 Å². The molecule has 0 aromatic heterocycles. The molecule has 3 aliphatic rings. The highest BCUT2D eigenvalue weighted by Gasteiger charge is 2.43. The molecule has 1 saturated heterocycles. The molecule has 1 atom stereocenters. The van der Waals surface area contributed by atoms with E-state index in [0.717, 1.165) is 45.4 Å². The van der Waals surface area contributed by atoms with Crippen LogP contribution in [0, 0.1) is 11.3 Å². The zero-order chi connectivity index (χ0) is 16.6. The van der Waals surface area contributed by atoms with E-state index < -0.39 is 0 Å². The van der Waals surface area contributed by atoms with Gasteiger partial charge in [-0.1, -0.05) is 44.0 Å². The maximum absolute atomic E-state index is 13.2. The molecule has 0 N–H and O–H groups in total. The summed E-state index contributed by atoms with van der Waals surface area (Å²) in [7, 11) is 0. The molecule has 2 aliphatic heterocycles. The van der Waals surface area contributed by atoms with Gasteiger partial charge in [0.05, 0.1) is 0 Å². The molecule has 0 bridgehead atoms. The molecular formula is C21H30N2O. The minimum atomic E-state index is 0.261. The van der Waals surface area contributed by atoms with Crippen LogP contribution in [0.2, 0.25) is 0 Å². The summed E-state index contributed by atoms with van der Waals surface area (Å²) >= 11 is 0. The monoisotopic (exact) mass is 326 g/mol. The van der Waals surface area contributed by atoms with Crippen LogP contribution in [0.4, 0.5) is 0 Å². The summed E-state index contributed by atoms with van der Waals surface area (Å²) in [5.74, 6) is 0.717. The first-order valence-electron chi connectivity index (χ1n) is 9.77. The van der Waals surface area contributed by atoms with Gasteiger partial charge in [0.25, 0.3) is 0 Å². The molecule has 1 aliphatic carbocycles. The summed E-state index contributed by atoms with van der Waals surface area (Å²) in [6, 6.07) is 8.81. The van der Waals surface area contributed by atoms with E-state index in [1.54, 1.807) is 0 Å². The molecule has 130 valence electrons. The van der Waals surface area contributed by atoms with Crippen molar-refractivity contribution < 1.29 is 4.79 Å². The molecule has 3 nitrogen and oxygen atoms in total. The van der Waals surface area contributed by atoms with Crippen LogP contribution in [0.3, 0.4) is 0 Å². The van der Waals surface area contributed by atoms with Crippen molar-refractivity contribution in [1.82, 2.24) is 9.80 Å². The Morgan fingerprint density at radius 1 is 1.17 bits per heavy atom. The van der Waals surface area contributed by atoms with E-state index >= 15 is 0 Å². The van der Waals surface area contributed by atoms with Crippen LogP contribution in [-0.2, 0) is 17.8 Å². The zero-order valence-corrected chi connectivity index (χ0v) is 15.0. The van der Waals surface area contributed by atoms with Gasteiger partial charge in [0, 0.05) is 31.0 Å². The Kier molecular flexibility index (Phi) is 4.38. The van der Waals surface area contributed by atoms with Gasteiger partial charge in [-0.25, -0.2) is 0 Å². The SMILES string of the molecule is CCN1CCC2(Cc3ccccc3CN(C(=O)C3CCCC3)C2)C1. The van der Waals surface area contributed by atoms with Gasteiger partial charge in [-0.05, 0) is 49.9 Å². The van der Waals surface area contributed by atoms with Gasteiger partial charge in [-0.15, -0.1) is 0 Å². The summed E-state index contributed by atoms with van der Waals surface area (Å²) in [5, 5.41) is 0. The smallest absolute Gasteiger partial charge is 0.225 e. The van der Waals surface area contributed by atoms with Crippen molar-refractivity contribution in [3.05, 3.63) is 35.4 Å². The van der Waals surface area contributed by atoms with Gasteiger partial charge >= 0.3 is 0 Å². The third-order valence-electron chi connectivity index (χ3n) is 6.55. The lowest BCUT2D eigenvalue weighted by Crippen LogP contribution is -2.43. The second-order valence-electron chi connectivity index (χ2n) is 8.24. The lowest BCUT2D eigenvalue weighted by Gasteiger charge is -2.34. The number of nitrogens with zero attached hydrogens (tertiary/aromatic N) is 2. The lowest BCUT2D eigenvalue weighted by molar-refractivity contribution is -0.137. The fraction of sp³-hybridized carbons (Fsp3) is 0.667. The fourth-order valence-electron chi connectivity index (χ4n) is 5.17. The number of carbonyl (C=O) groups excluding carboxylic acids is 1. The minimum absolute atomic E-state index is 0.261. The summed E-state index contributed by atoms with van der Waals surface area (Å²) in [5.41, 5.74) is 3.10. The molecule has 1 amide bonds. The molecule has 1 aromatic rings. The molecule has 1 spiro atoms. The first-order chi connectivity index (χ1) is 11.7. The average Bonchev–Trinajstić information content (AvgIpc) is 3.22. The zero-order valence-electron chi connectivity index (χ0n) is 15.0. The van der Waals surface area contributed by atoms with Gasteiger partial charge in [-0.3, -0.25) is 4.79 Å². The molecule has 2 heterocycles. The molecule has 4 rings (SSSR count). The second-order valence-corrected chi connectivity index (χ2v) is 8.24. The molecule has 1 unspecified atom stereocenters. The molecule has 1 saturated carbocycles. The molecule has 24 heavy (non-hydrogen) atoms. The number of hydrogen-bond acceptors (Lipinski definition) is 2. The van der Waals surface area contributed by atoms with Crippen molar-refractivity contribution >= 4 is 5.91 Å². The maximum atomic E-state index is 13.2.